The van der Waals surface area contributed by atoms with Crippen molar-refractivity contribution in [1.29, 1.82) is 0 Å². The zero-order valence-electron chi connectivity index (χ0n) is 50.8. The maximum absolute atomic E-state index is 13.0. The number of amides is 1. The van der Waals surface area contributed by atoms with Gasteiger partial charge in [0.05, 0.1) is 39.9 Å². The molecule has 0 spiro atoms. The minimum atomic E-state index is -4.35. The molecular weight excluding hydrogens is 948 g/mol. The predicted octanol–water partition coefficient (Wildman–Crippen LogP) is 20.5. The summed E-state index contributed by atoms with van der Waals surface area (Å²) in [5.74, 6) is -0.173. The molecule has 3 atom stereocenters. The third kappa shape index (κ3) is 60.2. The van der Waals surface area contributed by atoms with Crippen molar-refractivity contribution in [2.75, 3.05) is 40.9 Å². The summed E-state index contributed by atoms with van der Waals surface area (Å²) >= 11 is 0. The van der Waals surface area contributed by atoms with Gasteiger partial charge in [-0.05, 0) is 51.4 Å². The summed E-state index contributed by atoms with van der Waals surface area (Å²) in [7, 11) is 1.58. The van der Waals surface area contributed by atoms with Crippen LogP contribution in [-0.4, -0.2) is 73.4 Å². The Labute approximate surface area is 467 Å². The lowest BCUT2D eigenvalue weighted by atomic mass is 10.0. The molecule has 0 heterocycles. The van der Waals surface area contributed by atoms with E-state index in [-0.39, 0.29) is 19.1 Å². The Bertz CT molecular complexity index is 1320. The highest BCUT2D eigenvalue weighted by atomic mass is 31.2. The van der Waals surface area contributed by atoms with E-state index in [2.05, 4.69) is 43.5 Å². The van der Waals surface area contributed by atoms with E-state index < -0.39 is 20.0 Å². The molecule has 75 heavy (non-hydrogen) atoms. The van der Waals surface area contributed by atoms with Gasteiger partial charge < -0.3 is 19.8 Å². The lowest BCUT2D eigenvalue weighted by Gasteiger charge is -2.25. The molecule has 8 nitrogen and oxygen atoms in total. The van der Waals surface area contributed by atoms with Crippen LogP contribution in [-0.2, 0) is 18.4 Å². The smallest absolute Gasteiger partial charge is 0.387 e. The van der Waals surface area contributed by atoms with Gasteiger partial charge in [0.25, 0.3) is 0 Å². The first kappa shape index (κ1) is 73.7. The Balaban J connectivity index is 4.11. The first-order valence-electron chi connectivity index (χ1n) is 32.9. The fraction of sp³-hybridized carbons (Fsp3) is 0.894. The largest absolute Gasteiger partial charge is 0.472 e. The number of aliphatic hydroxyl groups excluding tert-OH is 1. The van der Waals surface area contributed by atoms with Crippen LogP contribution in [0, 0.1) is 0 Å². The number of allylic oxidation sites excluding steroid dienone is 5. The lowest BCUT2D eigenvalue weighted by molar-refractivity contribution is -0.870. The molecule has 0 bridgehead atoms. The monoisotopic (exact) mass is 1080 g/mol. The molecule has 3 N–H and O–H groups in total. The lowest BCUT2D eigenvalue weighted by Crippen LogP contribution is -2.45. The van der Waals surface area contributed by atoms with Gasteiger partial charge in [-0.3, -0.25) is 13.8 Å². The van der Waals surface area contributed by atoms with Crippen LogP contribution in [0.2, 0.25) is 0 Å². The Morgan fingerprint density at radius 3 is 1.09 bits per heavy atom. The van der Waals surface area contributed by atoms with Crippen molar-refractivity contribution in [3.05, 3.63) is 36.5 Å². The van der Waals surface area contributed by atoms with Gasteiger partial charge in [-0.1, -0.05) is 307 Å². The van der Waals surface area contributed by atoms with E-state index in [1.165, 1.54) is 263 Å². The van der Waals surface area contributed by atoms with E-state index in [4.69, 9.17) is 9.05 Å². The van der Waals surface area contributed by atoms with Gasteiger partial charge in [-0.2, -0.15) is 0 Å². The molecule has 0 aliphatic carbocycles. The van der Waals surface area contributed by atoms with Crippen LogP contribution < -0.4 is 5.32 Å². The molecule has 0 saturated carbocycles. The molecule has 0 saturated heterocycles. The van der Waals surface area contributed by atoms with Gasteiger partial charge in [0.2, 0.25) is 5.91 Å². The van der Waals surface area contributed by atoms with Gasteiger partial charge in [-0.25, -0.2) is 4.57 Å². The normalized spacial score (nSPS) is 14.0. The average Bonchev–Trinajstić information content (AvgIpc) is 3.37. The zero-order chi connectivity index (χ0) is 54.9. The summed E-state index contributed by atoms with van der Waals surface area (Å²) in [5, 5.41) is 14.0. The van der Waals surface area contributed by atoms with Gasteiger partial charge in [0.1, 0.15) is 13.2 Å². The van der Waals surface area contributed by atoms with Gasteiger partial charge in [-0.15, -0.1) is 0 Å². The van der Waals surface area contributed by atoms with Crippen LogP contribution >= 0.6 is 7.82 Å². The fourth-order valence-electron chi connectivity index (χ4n) is 9.96. The van der Waals surface area contributed by atoms with Crippen LogP contribution in [0.5, 0.6) is 0 Å². The first-order chi connectivity index (χ1) is 36.5. The zero-order valence-corrected chi connectivity index (χ0v) is 51.7. The molecule has 0 aromatic carbocycles. The number of rotatable bonds is 61. The summed E-state index contributed by atoms with van der Waals surface area (Å²) in [4.78, 5) is 23.4. The fourth-order valence-corrected chi connectivity index (χ4v) is 10.7. The van der Waals surface area contributed by atoms with Gasteiger partial charge in [0.15, 0.2) is 0 Å². The summed E-state index contributed by atoms with van der Waals surface area (Å²) in [6, 6.07) is -0.848. The summed E-state index contributed by atoms with van der Waals surface area (Å²) in [5.41, 5.74) is 0. The number of phosphoric ester groups is 1. The summed E-state index contributed by atoms with van der Waals surface area (Å²) < 4.78 is 23.8. The average molecular weight is 1080 g/mol. The minimum Gasteiger partial charge on any atom is -0.387 e. The summed E-state index contributed by atoms with van der Waals surface area (Å²) in [6.45, 7) is 4.85. The number of carbonyl (C=O) groups is 1. The third-order valence-corrected chi connectivity index (χ3v) is 16.1. The van der Waals surface area contributed by atoms with Crippen molar-refractivity contribution >= 4 is 13.7 Å². The quantitative estimate of drug-likeness (QED) is 0.0243. The maximum Gasteiger partial charge on any atom is 0.472 e. The molecule has 1 amide bonds. The van der Waals surface area contributed by atoms with E-state index >= 15 is 0 Å². The number of aliphatic hydroxyl groups is 1. The highest BCUT2D eigenvalue weighted by molar-refractivity contribution is 7.47. The summed E-state index contributed by atoms with van der Waals surface area (Å²) in [6.07, 6.45) is 75.5. The van der Waals surface area contributed by atoms with E-state index in [1.807, 2.05) is 27.2 Å². The second kappa shape index (κ2) is 57.4. The molecule has 0 aliphatic rings. The second-order valence-corrected chi connectivity index (χ2v) is 25.3. The molecule has 9 heteroatoms. The van der Waals surface area contributed by atoms with Crippen molar-refractivity contribution in [1.82, 2.24) is 5.32 Å². The van der Waals surface area contributed by atoms with Crippen molar-refractivity contribution in [3.63, 3.8) is 0 Å². The number of unbranched alkanes of at least 4 members (excludes halogenated alkanes) is 44. The Hall–Kier alpha value is -1.28. The molecule has 0 aromatic rings. The number of nitrogens with one attached hydrogen (secondary N) is 1. The van der Waals surface area contributed by atoms with Crippen LogP contribution in [0.1, 0.15) is 328 Å². The van der Waals surface area contributed by atoms with Crippen LogP contribution in [0.4, 0.5) is 0 Å². The van der Waals surface area contributed by atoms with Crippen LogP contribution in [0.25, 0.3) is 0 Å². The number of quaternary nitrogens is 1. The van der Waals surface area contributed by atoms with E-state index in [0.717, 1.165) is 44.9 Å². The Morgan fingerprint density at radius 2 is 0.760 bits per heavy atom. The maximum atomic E-state index is 13.0. The molecule has 0 aliphatic heterocycles. The first-order valence-corrected chi connectivity index (χ1v) is 34.4. The number of nitrogens with zero attached hydrogens (tertiary/aromatic N) is 1. The molecule has 0 fully saturated rings. The van der Waals surface area contributed by atoms with Gasteiger partial charge in [0, 0.05) is 6.42 Å². The molecule has 0 radical (unpaired) electrons. The highest BCUT2D eigenvalue weighted by Gasteiger charge is 2.28. The second-order valence-electron chi connectivity index (χ2n) is 23.8. The molecule has 0 aromatic heterocycles. The number of likely N-dealkylation sites (N-methyl/N-ethyl adjacent to an activating group) is 1. The van der Waals surface area contributed by atoms with Crippen LogP contribution in [0.3, 0.4) is 0 Å². The number of hydrogen-bond donors (Lipinski definition) is 3. The minimum absolute atomic E-state index is 0.0625. The van der Waals surface area contributed by atoms with Crippen molar-refractivity contribution < 1.29 is 32.9 Å². The number of carbonyl (C=O) groups excluding carboxylic acids is 1. The third-order valence-electron chi connectivity index (χ3n) is 15.1. The molecule has 0 rings (SSSR count). The topological polar surface area (TPSA) is 105 Å². The van der Waals surface area contributed by atoms with E-state index in [0.29, 0.717) is 17.4 Å². The van der Waals surface area contributed by atoms with Gasteiger partial charge >= 0.3 is 7.82 Å². The molecular formula is C66H130N2O6P+. The van der Waals surface area contributed by atoms with Crippen molar-refractivity contribution in [3.8, 4) is 0 Å². The number of phosphoric acid groups is 1. The Kier molecular flexibility index (Phi) is 56.4. The van der Waals surface area contributed by atoms with E-state index in [9.17, 15) is 19.4 Å². The SMILES string of the molecule is CCCCCCC/C=C\C/C=C\CCCCCCCCCCCCCCCC(=O)NC(COP(=O)(O)OCC[N+](C)(C)C)C(O)/C=C/CCCCCCCCCCCCCCCCCCCCCCCCCCCC. The molecule has 444 valence electrons. The van der Waals surface area contributed by atoms with Crippen molar-refractivity contribution in [2.24, 2.45) is 0 Å². The standard InChI is InChI=1S/C66H129N2O6P/c1-6-8-10-12-14-16-18-20-22-24-26-28-30-32-33-34-36-37-39-41-43-45-47-49-51-53-55-57-59-65(69)64(63-74-75(71,72)73-62-61-68(3,4)5)67-66(70)60-58-56-54-52-50-48-46-44-42-40-38-35-31-29-27-25-23-21-19-17-15-13-11-9-7-2/h19,21,25,27,57,59,64-65,69H,6-18,20,22-24,26,28-56,58,60-63H2,1-5H3,(H-,67,70,71,72)/p+1/b21-19-,27-25-,59-57+. The predicted molar refractivity (Wildman–Crippen MR) is 328 cm³/mol. The highest BCUT2D eigenvalue weighted by Crippen LogP contribution is 2.43. The van der Waals surface area contributed by atoms with E-state index in [1.54, 1.807) is 6.08 Å². The number of hydrogen-bond acceptors (Lipinski definition) is 5. The van der Waals surface area contributed by atoms with Crippen LogP contribution in [0.15, 0.2) is 36.5 Å². The Morgan fingerprint density at radius 1 is 0.453 bits per heavy atom. The van der Waals surface area contributed by atoms with Crippen molar-refractivity contribution in [2.45, 2.75) is 341 Å². The molecule has 3 unspecified atom stereocenters.